The van der Waals surface area contributed by atoms with Gasteiger partial charge in [-0.3, -0.25) is 9.59 Å². The van der Waals surface area contributed by atoms with Gasteiger partial charge in [-0.25, -0.2) is 45.9 Å². The van der Waals surface area contributed by atoms with Crippen molar-refractivity contribution in [2.24, 2.45) is 91.6 Å². The number of Topliss-reactive ketones (excluding diaryl/α,β-unsaturated/α-hetero) is 1. The Morgan fingerprint density at radius 2 is 0.949 bits per heavy atom. The molecule has 0 aromatic heterocycles. The van der Waals surface area contributed by atoms with E-state index in [1.165, 1.54) is 12.8 Å². The number of alkyl carbamates (subject to hydrolysis) is 1. The van der Waals surface area contributed by atoms with Gasteiger partial charge in [-0.2, -0.15) is 5.11 Å². The molecule has 10 unspecified atom stereocenters. The second-order valence-corrected chi connectivity index (χ2v) is 57.2. The number of amides is 3. The molecule has 2 saturated heterocycles. The lowest BCUT2D eigenvalue weighted by Crippen LogP contribution is -2.43. The number of sulfonamides is 2. The lowest BCUT2D eigenvalue weighted by atomic mass is 9.75. The third kappa shape index (κ3) is 86.2. The molecule has 28 nitrogen and oxygen atoms in total. The van der Waals surface area contributed by atoms with Crippen LogP contribution in [0, 0.1) is 71.4 Å². The molecule has 0 aromatic rings. The molecule has 0 bridgehead atoms. The summed E-state index contributed by atoms with van der Waals surface area (Å²) in [6.45, 7) is 93.4. The summed E-state index contributed by atoms with van der Waals surface area (Å²) in [5.41, 5.74) is 1.90. The monoisotopic (exact) mass is 2010 g/mol. The van der Waals surface area contributed by atoms with E-state index in [4.69, 9.17) is 9.47 Å². The SMILES string of the molecule is CC(C)(C)CC(O)CC1=NCN=N1.CC(C)(C)CC(O)CNS(=O)(=O)C1CC1.CC(C)(C)CCNC(=O)OC(C)(C)C.CC(C)(C)OC(=O)N1CCC(C(C)(C)C)CC1.CC1=NC(S(=O)(=O)NCC(O)CC(C)(C)C)=CC1.CC1CN(C(=O)CCCC(C)(C)C)CC1O.CCC(C)(CO)CC(=O)CCCC(C)(C)C.CCC(O)C(O)C(O)CC(C)(C)C.CCC(O)CC(C)(C)C.CCCC(C)(C)C. The minimum absolute atomic E-state index is 0.0183. The molecule has 10 atom stereocenters. The Labute approximate surface area is 845 Å². The van der Waals surface area contributed by atoms with Gasteiger partial charge in [0.25, 0.3) is 10.0 Å². The topological polar surface area (TPSA) is 429 Å². The number of allylic oxidation sites excluding steroid dienone is 1. The maximum absolute atomic E-state index is 11.9. The first-order valence-corrected chi connectivity index (χ1v) is 54.7. The summed E-state index contributed by atoms with van der Waals surface area (Å²) in [5.74, 6) is 2.11. The number of ether oxygens (including phenoxy) is 2. The third-order valence-corrected chi connectivity index (χ3v) is 25.6. The summed E-state index contributed by atoms with van der Waals surface area (Å²) < 4.78 is 61.9. The van der Waals surface area contributed by atoms with Crippen molar-refractivity contribution in [3.63, 3.8) is 0 Å². The Bertz CT molecular complexity index is 3670. The number of aliphatic imine (C=N–C) groups is 2. The number of likely N-dealkylation sites (tertiary alicyclic amines) is 2. The number of β-amino-alcohol motifs (C(OH)–C–C–N with tert-alkyl or cyclic N) is 1. The quantitative estimate of drug-likeness (QED) is 0.0298. The van der Waals surface area contributed by atoms with E-state index in [-0.39, 0.29) is 110 Å². The van der Waals surface area contributed by atoms with E-state index in [1.807, 2.05) is 136 Å². The second kappa shape index (κ2) is 64.7. The molecule has 4 heterocycles. The zero-order chi connectivity index (χ0) is 109. The summed E-state index contributed by atoms with van der Waals surface area (Å²) in [6.07, 6.45) is 16.1. The van der Waals surface area contributed by atoms with Crippen molar-refractivity contribution in [3.05, 3.63) is 11.1 Å². The van der Waals surface area contributed by atoms with Crippen LogP contribution in [-0.2, 0) is 39.1 Å². The van der Waals surface area contributed by atoms with E-state index in [0.29, 0.717) is 117 Å². The molecule has 12 N–H and O–H groups in total. The molecule has 0 spiro atoms. The van der Waals surface area contributed by atoms with E-state index in [1.54, 1.807) is 24.8 Å². The molecule has 1 saturated carbocycles. The Balaban J connectivity index is -0.000000478. The predicted molar refractivity (Wildman–Crippen MR) is 574 cm³/mol. The van der Waals surface area contributed by atoms with Crippen molar-refractivity contribution in [1.82, 2.24) is 24.6 Å². The Hall–Kier alpha value is -4.18. The lowest BCUT2D eigenvalue weighted by molar-refractivity contribution is -0.130. The van der Waals surface area contributed by atoms with Gasteiger partial charge < -0.3 is 70.5 Å². The number of aliphatic hydroxyl groups excluding tert-OH is 9. The van der Waals surface area contributed by atoms with Gasteiger partial charge in [0.15, 0.2) is 11.7 Å². The van der Waals surface area contributed by atoms with E-state index in [2.05, 4.69) is 187 Å². The fraction of sp³-hybridized carbons (Fsp3) is 0.926. The van der Waals surface area contributed by atoms with Gasteiger partial charge in [-0.1, -0.05) is 256 Å². The van der Waals surface area contributed by atoms with Gasteiger partial charge in [0.05, 0.1) is 48.0 Å². The first-order chi connectivity index (χ1) is 61.8. The van der Waals surface area contributed by atoms with Gasteiger partial charge in [-0.15, -0.1) is 5.11 Å². The molecule has 138 heavy (non-hydrogen) atoms. The van der Waals surface area contributed by atoms with Crippen molar-refractivity contribution < 1.29 is 91.4 Å². The highest BCUT2D eigenvalue weighted by Gasteiger charge is 2.38. The average Bonchev–Trinajstić information content (AvgIpc) is 1.57. The molecular weight excluding hydrogens is 1790 g/mol. The van der Waals surface area contributed by atoms with Gasteiger partial charge >= 0.3 is 12.2 Å². The number of ketones is 1. The van der Waals surface area contributed by atoms with Crippen LogP contribution in [0.4, 0.5) is 9.59 Å². The Morgan fingerprint density at radius 1 is 0.514 bits per heavy atom. The fourth-order valence-electron chi connectivity index (χ4n) is 14.3. The highest BCUT2D eigenvalue weighted by Crippen LogP contribution is 2.36. The number of aliphatic hydroxyl groups is 9. The third-order valence-electron chi connectivity index (χ3n) is 22.4. The maximum atomic E-state index is 11.9. The summed E-state index contributed by atoms with van der Waals surface area (Å²) in [7, 11) is -6.73. The summed E-state index contributed by atoms with van der Waals surface area (Å²) in [4.78, 5) is 58.3. The van der Waals surface area contributed by atoms with Crippen molar-refractivity contribution in [2.45, 2.75) is 517 Å². The molecule has 3 fully saturated rings. The molecule has 5 rings (SSSR count). The van der Waals surface area contributed by atoms with Crippen LogP contribution in [0.1, 0.15) is 452 Å². The fourth-order valence-corrected chi connectivity index (χ4v) is 16.8. The van der Waals surface area contributed by atoms with Gasteiger partial charge in [0.2, 0.25) is 15.9 Å². The molecule has 1 aliphatic carbocycles. The number of amidine groups is 1. The number of piperidine rings is 1. The van der Waals surface area contributed by atoms with Crippen LogP contribution < -0.4 is 14.8 Å². The van der Waals surface area contributed by atoms with Gasteiger partial charge in [0.1, 0.15) is 28.9 Å². The minimum Gasteiger partial charge on any atom is -0.444 e. The molecule has 4 aliphatic heterocycles. The minimum atomic E-state index is -3.58. The van der Waals surface area contributed by atoms with Crippen LogP contribution >= 0.6 is 0 Å². The largest absolute Gasteiger partial charge is 0.444 e. The van der Waals surface area contributed by atoms with E-state index >= 15 is 0 Å². The molecule has 0 radical (unpaired) electrons. The zero-order valence-electron chi connectivity index (χ0n) is 96.4. The van der Waals surface area contributed by atoms with Crippen LogP contribution in [0.15, 0.2) is 31.3 Å². The number of nitrogens with zero attached hydrogens (tertiary/aromatic N) is 6. The van der Waals surface area contributed by atoms with Gasteiger partial charge in [0, 0.05) is 96.2 Å². The molecule has 0 aromatic carbocycles. The Kier molecular flexibility index (Phi) is 66.7. The summed E-state index contributed by atoms with van der Waals surface area (Å²) in [5, 5.41) is 95.5. The first kappa shape index (κ1) is 142. The smallest absolute Gasteiger partial charge is 0.410 e. The molecule has 822 valence electrons. The predicted octanol–water partition coefficient (Wildman–Crippen LogP) is 22.5. The van der Waals surface area contributed by atoms with Gasteiger partial charge in [-0.05, 0) is 236 Å². The van der Waals surface area contributed by atoms with E-state index in [0.717, 1.165) is 109 Å². The second-order valence-electron chi connectivity index (χ2n) is 53.4. The maximum Gasteiger partial charge on any atom is 0.410 e. The number of nitrogens with one attached hydrogen (secondary N) is 3. The molecule has 3 amide bonds. The molecule has 30 heteroatoms. The van der Waals surface area contributed by atoms with Crippen molar-refractivity contribution in [3.8, 4) is 0 Å². The van der Waals surface area contributed by atoms with Crippen molar-refractivity contribution in [1.29, 1.82) is 0 Å². The Morgan fingerprint density at radius 3 is 1.28 bits per heavy atom. The number of azo groups is 1. The molecular formula is C108H219N9O19S2. The number of carbonyl (C=O) groups is 4. The highest BCUT2D eigenvalue weighted by molar-refractivity contribution is 7.93. The van der Waals surface area contributed by atoms with Crippen molar-refractivity contribution in [2.75, 3.05) is 59.1 Å². The standard InChI is InChI=1S/C14H27NO2.C14H28O2.C13H25NO2.C12H22N2O3S.C11H23NO2.C10H21NO3S.C10H22O3.C9H17N3O.C8H18O.C7H16/c1-13(2,3)11-7-9-15(10-8-11)12(16)17-14(4,5)6;1-6-14(5,11-15)10-12(16)8-7-9-13(2,3)4;1-10-8-14(9-11(10)15)12(16)6-5-7-13(2,3)4;1-9-5-6-11(14-9)18(16,17)13-8-10(15)7-12(2,3)4;1-10(2,3)7-8-12-9(13)14-11(4,5)6;1-10(2,3)6-8(12)7-11-15(13,14)9-4-5-9;1-5-7(11)9(13)8(12)6-10(2,3)4;1-9(2,3)5-7(13)4-8-10-6-11-12-8;1-5-7(9)6-8(2,3)4;1-5-6-7(2,3)4/h11H,7-10H2,1-6H3;15H,6-11H2,1-5H3;10-11,15H,5-9H2,1-4H3;6,10,13,15H,5,7-8H2,1-4H3;7-8H2,1-6H3,(H,12,13);8-9,11-12H,4-7H2,1-3H3;7-9,11-13H,5-6H2,1-4H3;7,13H,4-6H2,1-3H3;7,9H,5-6H2,1-4H3;5-6H2,1-4H3. The number of hydrogen-bond acceptors (Lipinski definition) is 23. The average molecular weight is 2010 g/mol. The number of carbonyl (C=O) groups excluding carboxylic acids is 4. The highest BCUT2D eigenvalue weighted by atomic mass is 32.2. The van der Waals surface area contributed by atoms with Crippen LogP contribution in [0.2, 0.25) is 0 Å². The van der Waals surface area contributed by atoms with E-state index < -0.39 is 61.8 Å². The van der Waals surface area contributed by atoms with Crippen molar-refractivity contribution >= 4 is 55.5 Å². The summed E-state index contributed by atoms with van der Waals surface area (Å²) >= 11 is 0. The normalized spacial score (nSPS) is 18.4. The molecule has 5 aliphatic rings. The van der Waals surface area contributed by atoms with Crippen LogP contribution in [0.3, 0.4) is 0 Å². The summed E-state index contributed by atoms with van der Waals surface area (Å²) in [6, 6.07) is 0. The van der Waals surface area contributed by atoms with Crippen LogP contribution in [0.25, 0.3) is 0 Å². The van der Waals surface area contributed by atoms with Crippen LogP contribution in [0.5, 0.6) is 0 Å². The lowest BCUT2D eigenvalue weighted by Gasteiger charge is -2.39. The van der Waals surface area contributed by atoms with E-state index in [9.17, 15) is 82.0 Å². The van der Waals surface area contributed by atoms with Crippen LogP contribution in [-0.4, -0.2) is 232 Å². The number of hydrogen-bond donors (Lipinski definition) is 12. The number of rotatable bonds is 32. The first-order valence-electron chi connectivity index (χ1n) is 51.7. The zero-order valence-corrected chi connectivity index (χ0v) is 98.0.